The van der Waals surface area contributed by atoms with Crippen LogP contribution in [0.3, 0.4) is 0 Å². The number of anilines is 1. The average molecular weight is 462 g/mol. The highest BCUT2D eigenvalue weighted by molar-refractivity contribution is 6.31. The Morgan fingerprint density at radius 1 is 1.06 bits per heavy atom. The van der Waals surface area contributed by atoms with Crippen LogP contribution in [0, 0.1) is 6.92 Å². The molecule has 0 aliphatic rings. The maximum absolute atomic E-state index is 13.5. The van der Waals surface area contributed by atoms with Crippen molar-refractivity contribution in [2.75, 3.05) is 19.0 Å². The summed E-state index contributed by atoms with van der Waals surface area (Å²) in [5.41, 5.74) is 4.17. The van der Waals surface area contributed by atoms with Crippen LogP contribution < -0.4 is 14.8 Å². The second-order valence-electron chi connectivity index (χ2n) is 7.86. The standard InChI is InChI=1S/C27H24ClNO4/c1-16(2)15-32-21-11-12-24-22(14-21)25(26(33-24)18-6-9-20(31-4)10-7-18)27(30)29-19-8-5-17(3)23(28)13-19/h5-14H,1,15H2,2-4H3,(H,29,30). The molecule has 0 bridgehead atoms. The maximum Gasteiger partial charge on any atom is 0.260 e. The first-order valence-electron chi connectivity index (χ1n) is 10.4. The van der Waals surface area contributed by atoms with Gasteiger partial charge in [-0.2, -0.15) is 0 Å². The van der Waals surface area contributed by atoms with Gasteiger partial charge in [-0.05, 0) is 79.6 Å². The smallest absolute Gasteiger partial charge is 0.260 e. The van der Waals surface area contributed by atoms with Gasteiger partial charge >= 0.3 is 0 Å². The zero-order valence-electron chi connectivity index (χ0n) is 18.7. The van der Waals surface area contributed by atoms with Crippen LogP contribution in [0.1, 0.15) is 22.8 Å². The van der Waals surface area contributed by atoms with Gasteiger partial charge in [0, 0.05) is 21.7 Å². The fourth-order valence-corrected chi connectivity index (χ4v) is 3.59. The summed E-state index contributed by atoms with van der Waals surface area (Å²) in [5.74, 6) is 1.49. The van der Waals surface area contributed by atoms with Crippen molar-refractivity contribution in [1.82, 2.24) is 0 Å². The number of nitrogens with one attached hydrogen (secondary N) is 1. The lowest BCUT2D eigenvalue weighted by Crippen LogP contribution is -2.12. The molecule has 0 aliphatic carbocycles. The molecule has 0 atom stereocenters. The third-order valence-electron chi connectivity index (χ3n) is 5.15. The van der Waals surface area contributed by atoms with Gasteiger partial charge < -0.3 is 19.2 Å². The Morgan fingerprint density at radius 3 is 2.45 bits per heavy atom. The number of carbonyl (C=O) groups is 1. The Kier molecular flexibility index (Phi) is 6.43. The summed E-state index contributed by atoms with van der Waals surface area (Å²) in [5, 5.41) is 4.17. The normalized spacial score (nSPS) is 10.8. The predicted molar refractivity (Wildman–Crippen MR) is 133 cm³/mol. The Hall–Kier alpha value is -3.70. The highest BCUT2D eigenvalue weighted by Crippen LogP contribution is 2.37. The predicted octanol–water partition coefficient (Wildman–Crippen LogP) is 7.28. The summed E-state index contributed by atoms with van der Waals surface area (Å²) in [7, 11) is 1.61. The summed E-state index contributed by atoms with van der Waals surface area (Å²) in [6, 6.07) is 18.2. The van der Waals surface area contributed by atoms with Gasteiger partial charge in [-0.15, -0.1) is 0 Å². The van der Waals surface area contributed by atoms with Crippen molar-refractivity contribution in [3.8, 4) is 22.8 Å². The first kappa shape index (κ1) is 22.5. The number of hydrogen-bond acceptors (Lipinski definition) is 4. The van der Waals surface area contributed by atoms with Crippen LogP contribution in [0.4, 0.5) is 5.69 Å². The fourth-order valence-electron chi connectivity index (χ4n) is 3.41. The number of aryl methyl sites for hydroxylation is 1. The lowest BCUT2D eigenvalue weighted by molar-refractivity contribution is 0.102. The molecule has 168 valence electrons. The van der Waals surface area contributed by atoms with E-state index in [4.69, 9.17) is 25.5 Å². The lowest BCUT2D eigenvalue weighted by atomic mass is 10.0. The van der Waals surface area contributed by atoms with Crippen molar-refractivity contribution in [1.29, 1.82) is 0 Å². The minimum Gasteiger partial charge on any atom is -0.497 e. The zero-order chi connectivity index (χ0) is 23.5. The van der Waals surface area contributed by atoms with E-state index in [0.717, 1.165) is 16.7 Å². The van der Waals surface area contributed by atoms with E-state index in [-0.39, 0.29) is 5.91 Å². The molecule has 33 heavy (non-hydrogen) atoms. The van der Waals surface area contributed by atoms with Crippen molar-refractivity contribution in [2.24, 2.45) is 0 Å². The van der Waals surface area contributed by atoms with Gasteiger partial charge in [0.15, 0.2) is 0 Å². The molecule has 1 N–H and O–H groups in total. The molecule has 6 heteroatoms. The summed E-state index contributed by atoms with van der Waals surface area (Å²) in [6.45, 7) is 8.06. The van der Waals surface area contributed by atoms with Gasteiger partial charge in [0.2, 0.25) is 0 Å². The van der Waals surface area contributed by atoms with E-state index in [0.29, 0.717) is 51.1 Å². The van der Waals surface area contributed by atoms with Crippen LogP contribution in [-0.4, -0.2) is 19.6 Å². The number of carbonyl (C=O) groups excluding carboxylic acids is 1. The number of ether oxygens (including phenoxy) is 2. The van der Waals surface area contributed by atoms with Crippen LogP contribution in [-0.2, 0) is 0 Å². The second kappa shape index (κ2) is 9.43. The minimum atomic E-state index is -0.309. The van der Waals surface area contributed by atoms with E-state index in [9.17, 15) is 4.79 Å². The lowest BCUT2D eigenvalue weighted by Gasteiger charge is -2.09. The number of fused-ring (bicyclic) bond motifs is 1. The Balaban J connectivity index is 1.81. The highest BCUT2D eigenvalue weighted by Gasteiger charge is 2.23. The highest BCUT2D eigenvalue weighted by atomic mass is 35.5. The molecule has 0 fully saturated rings. The minimum absolute atomic E-state index is 0.309. The summed E-state index contributed by atoms with van der Waals surface area (Å²) < 4.78 is 17.2. The van der Waals surface area contributed by atoms with Crippen LogP contribution >= 0.6 is 11.6 Å². The van der Waals surface area contributed by atoms with Crippen LogP contribution in [0.2, 0.25) is 5.02 Å². The molecule has 4 aromatic rings. The number of benzene rings is 3. The molecule has 1 aromatic heterocycles. The summed E-state index contributed by atoms with van der Waals surface area (Å²) >= 11 is 6.25. The van der Waals surface area contributed by atoms with Gasteiger partial charge in [-0.3, -0.25) is 4.79 Å². The largest absolute Gasteiger partial charge is 0.497 e. The average Bonchev–Trinajstić information content (AvgIpc) is 3.19. The molecule has 5 nitrogen and oxygen atoms in total. The molecular weight excluding hydrogens is 438 g/mol. The Labute approximate surface area is 197 Å². The fraction of sp³-hybridized carbons (Fsp3) is 0.148. The van der Waals surface area contributed by atoms with E-state index in [2.05, 4.69) is 11.9 Å². The number of methoxy groups -OCH3 is 1. The van der Waals surface area contributed by atoms with Crippen molar-refractivity contribution in [2.45, 2.75) is 13.8 Å². The number of furan rings is 1. The van der Waals surface area contributed by atoms with E-state index < -0.39 is 0 Å². The molecule has 0 spiro atoms. The zero-order valence-corrected chi connectivity index (χ0v) is 19.5. The molecular formula is C27H24ClNO4. The summed E-state index contributed by atoms with van der Waals surface area (Å²) in [4.78, 5) is 13.5. The number of hydrogen-bond donors (Lipinski definition) is 1. The van der Waals surface area contributed by atoms with Gasteiger partial charge in [0.05, 0.1) is 12.7 Å². The quantitative estimate of drug-likeness (QED) is 0.294. The number of amides is 1. The van der Waals surface area contributed by atoms with E-state index in [1.54, 1.807) is 19.2 Å². The van der Waals surface area contributed by atoms with Crippen molar-refractivity contribution < 1.29 is 18.7 Å². The van der Waals surface area contributed by atoms with Crippen molar-refractivity contribution >= 4 is 34.2 Å². The molecule has 0 unspecified atom stereocenters. The van der Waals surface area contributed by atoms with E-state index in [1.165, 1.54) is 0 Å². The Morgan fingerprint density at radius 2 is 1.79 bits per heavy atom. The Bertz CT molecular complexity index is 1340. The SMILES string of the molecule is C=C(C)COc1ccc2oc(-c3ccc(OC)cc3)c(C(=O)Nc3ccc(C)c(Cl)c3)c2c1. The topological polar surface area (TPSA) is 60.7 Å². The first-order valence-corrected chi connectivity index (χ1v) is 10.8. The summed E-state index contributed by atoms with van der Waals surface area (Å²) in [6.07, 6.45) is 0. The third kappa shape index (κ3) is 4.89. The monoisotopic (exact) mass is 461 g/mol. The second-order valence-corrected chi connectivity index (χ2v) is 8.26. The maximum atomic E-state index is 13.5. The number of rotatable bonds is 7. The van der Waals surface area contributed by atoms with E-state index in [1.807, 2.05) is 62.4 Å². The molecule has 0 saturated heterocycles. The molecule has 1 amide bonds. The molecule has 0 saturated carbocycles. The molecule has 3 aromatic carbocycles. The molecule has 4 rings (SSSR count). The van der Waals surface area contributed by atoms with Gasteiger partial charge in [-0.25, -0.2) is 0 Å². The molecule has 1 heterocycles. The van der Waals surface area contributed by atoms with Crippen LogP contribution in [0.5, 0.6) is 11.5 Å². The number of halogens is 1. The molecule has 0 aliphatic heterocycles. The van der Waals surface area contributed by atoms with E-state index >= 15 is 0 Å². The van der Waals surface area contributed by atoms with Gasteiger partial charge in [0.1, 0.15) is 29.4 Å². The van der Waals surface area contributed by atoms with Crippen molar-refractivity contribution in [3.05, 3.63) is 89.0 Å². The third-order valence-corrected chi connectivity index (χ3v) is 5.56. The van der Waals surface area contributed by atoms with Crippen molar-refractivity contribution in [3.63, 3.8) is 0 Å². The first-order chi connectivity index (χ1) is 15.9. The molecule has 0 radical (unpaired) electrons. The van der Waals surface area contributed by atoms with Crippen LogP contribution in [0.25, 0.3) is 22.3 Å². The van der Waals surface area contributed by atoms with Gasteiger partial charge in [0.25, 0.3) is 5.91 Å². The van der Waals surface area contributed by atoms with Gasteiger partial charge in [-0.1, -0.05) is 24.2 Å². The van der Waals surface area contributed by atoms with Crippen LogP contribution in [0.15, 0.2) is 77.2 Å².